The SMILES string of the molecule is CCOc1ccc(C(Cl)c2c(F)cc(OC)cc2F)cc1. The Morgan fingerprint density at radius 2 is 1.62 bits per heavy atom. The minimum Gasteiger partial charge on any atom is -0.497 e. The van der Waals surface area contributed by atoms with Gasteiger partial charge in [-0.25, -0.2) is 8.78 Å². The Labute approximate surface area is 127 Å². The first-order chi connectivity index (χ1) is 10.1. The van der Waals surface area contributed by atoms with E-state index in [-0.39, 0.29) is 11.3 Å². The molecular formula is C16H15ClF2O2. The summed E-state index contributed by atoms with van der Waals surface area (Å²) in [4.78, 5) is 0. The lowest BCUT2D eigenvalue weighted by atomic mass is 10.0. The highest BCUT2D eigenvalue weighted by molar-refractivity contribution is 6.22. The average Bonchev–Trinajstić information content (AvgIpc) is 2.47. The summed E-state index contributed by atoms with van der Waals surface area (Å²) in [5, 5.41) is -0.924. The van der Waals surface area contributed by atoms with E-state index < -0.39 is 17.0 Å². The Kier molecular flexibility index (Phi) is 5.02. The van der Waals surface area contributed by atoms with Gasteiger partial charge in [0.05, 0.1) is 19.1 Å². The van der Waals surface area contributed by atoms with Crippen LogP contribution in [-0.2, 0) is 0 Å². The number of benzene rings is 2. The van der Waals surface area contributed by atoms with Crippen molar-refractivity contribution in [1.82, 2.24) is 0 Å². The Bertz CT molecular complexity index is 591. The molecule has 21 heavy (non-hydrogen) atoms. The third kappa shape index (κ3) is 3.45. The van der Waals surface area contributed by atoms with Crippen molar-refractivity contribution >= 4 is 11.6 Å². The molecule has 0 aliphatic heterocycles. The van der Waals surface area contributed by atoms with Crippen LogP contribution in [0.1, 0.15) is 23.4 Å². The Hall–Kier alpha value is -1.81. The summed E-state index contributed by atoms with van der Waals surface area (Å²) in [5.74, 6) is -0.674. The van der Waals surface area contributed by atoms with E-state index in [0.29, 0.717) is 17.9 Å². The van der Waals surface area contributed by atoms with Crippen molar-refractivity contribution in [2.75, 3.05) is 13.7 Å². The number of ether oxygens (including phenoxy) is 2. The van der Waals surface area contributed by atoms with Crippen LogP contribution in [0.2, 0.25) is 0 Å². The molecule has 0 spiro atoms. The van der Waals surface area contributed by atoms with Crippen LogP contribution in [-0.4, -0.2) is 13.7 Å². The van der Waals surface area contributed by atoms with Crippen LogP contribution in [0.5, 0.6) is 11.5 Å². The number of alkyl halides is 1. The number of methoxy groups -OCH3 is 1. The van der Waals surface area contributed by atoms with E-state index in [9.17, 15) is 8.78 Å². The number of rotatable bonds is 5. The molecule has 2 aromatic carbocycles. The maximum Gasteiger partial charge on any atom is 0.134 e. The molecule has 0 aromatic heterocycles. The predicted molar refractivity (Wildman–Crippen MR) is 78.2 cm³/mol. The minimum atomic E-state index is -0.924. The van der Waals surface area contributed by atoms with Gasteiger partial charge in [0.1, 0.15) is 23.1 Å². The first-order valence-electron chi connectivity index (χ1n) is 6.46. The first kappa shape index (κ1) is 15.6. The molecule has 0 N–H and O–H groups in total. The Balaban J connectivity index is 2.33. The second kappa shape index (κ2) is 6.76. The number of hydrogen-bond acceptors (Lipinski definition) is 2. The van der Waals surface area contributed by atoms with E-state index in [2.05, 4.69) is 0 Å². The zero-order valence-electron chi connectivity index (χ0n) is 11.7. The predicted octanol–water partition coefficient (Wildman–Crippen LogP) is 4.70. The van der Waals surface area contributed by atoms with Crippen LogP contribution in [0.3, 0.4) is 0 Å². The summed E-state index contributed by atoms with van der Waals surface area (Å²) in [6.45, 7) is 2.42. The summed E-state index contributed by atoms with van der Waals surface area (Å²) in [7, 11) is 1.35. The third-order valence-electron chi connectivity index (χ3n) is 3.03. The van der Waals surface area contributed by atoms with E-state index in [1.807, 2.05) is 6.92 Å². The molecule has 1 atom stereocenters. The molecule has 0 aliphatic rings. The fourth-order valence-electron chi connectivity index (χ4n) is 1.99. The molecule has 0 amide bonds. The van der Waals surface area contributed by atoms with Gasteiger partial charge in [-0.15, -0.1) is 11.6 Å². The zero-order chi connectivity index (χ0) is 15.4. The van der Waals surface area contributed by atoms with Gasteiger partial charge in [-0.1, -0.05) is 12.1 Å². The number of halogens is 3. The normalized spacial score (nSPS) is 12.0. The molecule has 0 saturated carbocycles. The van der Waals surface area contributed by atoms with E-state index >= 15 is 0 Å². The van der Waals surface area contributed by atoms with Gasteiger partial charge in [0.15, 0.2) is 0 Å². The van der Waals surface area contributed by atoms with Crippen LogP contribution in [0.4, 0.5) is 8.78 Å². The lowest BCUT2D eigenvalue weighted by molar-refractivity contribution is 0.340. The molecular weight excluding hydrogens is 298 g/mol. The van der Waals surface area contributed by atoms with Gasteiger partial charge in [-0.05, 0) is 24.6 Å². The van der Waals surface area contributed by atoms with E-state index in [1.54, 1.807) is 24.3 Å². The monoisotopic (exact) mass is 312 g/mol. The molecule has 0 aliphatic carbocycles. The van der Waals surface area contributed by atoms with E-state index in [1.165, 1.54) is 7.11 Å². The maximum atomic E-state index is 14.0. The van der Waals surface area contributed by atoms with Gasteiger partial charge in [0.25, 0.3) is 0 Å². The molecule has 0 bridgehead atoms. The highest BCUT2D eigenvalue weighted by Gasteiger charge is 2.21. The van der Waals surface area contributed by atoms with Crippen molar-refractivity contribution in [2.45, 2.75) is 12.3 Å². The lowest BCUT2D eigenvalue weighted by Crippen LogP contribution is -2.02. The Morgan fingerprint density at radius 1 is 1.05 bits per heavy atom. The topological polar surface area (TPSA) is 18.5 Å². The largest absolute Gasteiger partial charge is 0.497 e. The van der Waals surface area contributed by atoms with Crippen molar-refractivity contribution in [3.8, 4) is 11.5 Å². The highest BCUT2D eigenvalue weighted by atomic mass is 35.5. The summed E-state index contributed by atoms with van der Waals surface area (Å²) in [6, 6.07) is 9.03. The zero-order valence-corrected chi connectivity index (χ0v) is 12.5. The van der Waals surface area contributed by atoms with Crippen LogP contribution in [0.15, 0.2) is 36.4 Å². The smallest absolute Gasteiger partial charge is 0.134 e. The van der Waals surface area contributed by atoms with Crippen LogP contribution in [0, 0.1) is 11.6 Å². The van der Waals surface area contributed by atoms with Crippen molar-refractivity contribution in [1.29, 1.82) is 0 Å². The van der Waals surface area contributed by atoms with Gasteiger partial charge < -0.3 is 9.47 Å². The van der Waals surface area contributed by atoms with Gasteiger partial charge in [0, 0.05) is 17.7 Å². The molecule has 2 rings (SSSR count). The molecule has 5 heteroatoms. The third-order valence-corrected chi connectivity index (χ3v) is 3.50. The molecule has 2 aromatic rings. The van der Waals surface area contributed by atoms with Crippen LogP contribution < -0.4 is 9.47 Å². The standard InChI is InChI=1S/C16H15ClF2O2/c1-3-21-11-6-4-10(5-7-11)16(17)15-13(18)8-12(20-2)9-14(15)19/h4-9,16H,3H2,1-2H3. The average molecular weight is 313 g/mol. The van der Waals surface area contributed by atoms with Crippen LogP contribution in [0.25, 0.3) is 0 Å². The van der Waals surface area contributed by atoms with Crippen molar-refractivity contribution in [2.24, 2.45) is 0 Å². The lowest BCUT2D eigenvalue weighted by Gasteiger charge is -2.14. The van der Waals surface area contributed by atoms with Gasteiger partial charge in [0.2, 0.25) is 0 Å². The molecule has 0 fully saturated rings. The highest BCUT2D eigenvalue weighted by Crippen LogP contribution is 2.35. The molecule has 0 heterocycles. The van der Waals surface area contributed by atoms with Crippen molar-refractivity contribution in [3.63, 3.8) is 0 Å². The summed E-state index contributed by atoms with van der Waals surface area (Å²) >= 11 is 6.21. The van der Waals surface area contributed by atoms with E-state index in [4.69, 9.17) is 21.1 Å². The Morgan fingerprint density at radius 3 is 2.10 bits per heavy atom. The van der Waals surface area contributed by atoms with Gasteiger partial charge >= 0.3 is 0 Å². The number of hydrogen-bond donors (Lipinski definition) is 0. The van der Waals surface area contributed by atoms with Gasteiger partial charge in [-0.3, -0.25) is 0 Å². The first-order valence-corrected chi connectivity index (χ1v) is 6.90. The fourth-order valence-corrected chi connectivity index (χ4v) is 2.34. The summed E-state index contributed by atoms with van der Waals surface area (Å²) < 4.78 is 38.1. The fraction of sp³-hybridized carbons (Fsp3) is 0.250. The second-order valence-electron chi connectivity index (χ2n) is 4.37. The maximum absolute atomic E-state index is 14.0. The summed E-state index contributed by atoms with van der Waals surface area (Å²) in [5.41, 5.74) is 0.393. The summed E-state index contributed by atoms with van der Waals surface area (Å²) in [6.07, 6.45) is 0. The molecule has 0 radical (unpaired) electrons. The molecule has 0 saturated heterocycles. The van der Waals surface area contributed by atoms with Crippen molar-refractivity contribution in [3.05, 3.63) is 59.2 Å². The molecule has 1 unspecified atom stereocenters. The minimum absolute atomic E-state index is 0.115. The molecule has 112 valence electrons. The van der Waals surface area contributed by atoms with Crippen LogP contribution >= 0.6 is 11.6 Å². The quantitative estimate of drug-likeness (QED) is 0.745. The van der Waals surface area contributed by atoms with E-state index in [0.717, 1.165) is 12.1 Å². The second-order valence-corrected chi connectivity index (χ2v) is 4.81. The van der Waals surface area contributed by atoms with Gasteiger partial charge in [-0.2, -0.15) is 0 Å². The van der Waals surface area contributed by atoms with Crippen molar-refractivity contribution < 1.29 is 18.3 Å². The molecule has 2 nitrogen and oxygen atoms in total.